The van der Waals surface area contributed by atoms with Crippen LogP contribution in [0.1, 0.15) is 30.6 Å². The van der Waals surface area contributed by atoms with Crippen LogP contribution in [0.3, 0.4) is 0 Å². The Balaban J connectivity index is 2.83. The molecule has 0 heterocycles. The third-order valence-electron chi connectivity index (χ3n) is 2.13. The summed E-state index contributed by atoms with van der Waals surface area (Å²) in [4.78, 5) is 22.7. The van der Waals surface area contributed by atoms with Crippen LogP contribution in [0.5, 0.6) is 0 Å². The highest BCUT2D eigenvalue weighted by Crippen LogP contribution is 2.20. The lowest BCUT2D eigenvalue weighted by Gasteiger charge is -2.17. The van der Waals surface area contributed by atoms with Gasteiger partial charge >= 0.3 is 0 Å². The minimum absolute atomic E-state index is 0.168. The van der Waals surface area contributed by atoms with Crippen molar-refractivity contribution in [1.82, 2.24) is 0 Å². The molecule has 0 saturated heterocycles. The Bertz CT molecular complexity index is 481. The average molecular weight is 270 g/mol. The van der Waals surface area contributed by atoms with Crippen LogP contribution in [-0.2, 0) is 4.79 Å². The highest BCUT2D eigenvalue weighted by Gasteiger charge is 2.17. The molecule has 0 unspecified atom stereocenters. The van der Waals surface area contributed by atoms with E-state index in [-0.39, 0.29) is 22.9 Å². The molecule has 0 bridgehead atoms. The number of hydrogen-bond acceptors (Lipinski definition) is 3. The number of carbonyl (C=O) groups is 2. The summed E-state index contributed by atoms with van der Waals surface area (Å²) in [5, 5.41) is 2.89. The van der Waals surface area contributed by atoms with E-state index < -0.39 is 11.4 Å². The molecule has 0 spiro atoms. The standard InChI is InChI=1S/C12H16ClN3O2/c1-12(2,15)6-10(17)16-7-3-4-9(13)8(5-7)11(14)18/h3-5H,6,15H2,1-2H3,(H2,14,18)(H,16,17). The molecule has 0 aliphatic carbocycles. The molecule has 0 aliphatic heterocycles. The molecule has 1 aromatic carbocycles. The molecule has 98 valence electrons. The smallest absolute Gasteiger partial charge is 0.250 e. The lowest BCUT2D eigenvalue weighted by atomic mass is 10.0. The Kier molecular flexibility index (Phi) is 4.32. The number of halogens is 1. The van der Waals surface area contributed by atoms with Crippen LogP contribution in [0.15, 0.2) is 18.2 Å². The Labute approximate surface area is 110 Å². The number of nitrogens with two attached hydrogens (primary N) is 2. The summed E-state index contributed by atoms with van der Waals surface area (Å²) >= 11 is 5.80. The molecule has 1 aromatic rings. The number of hydrogen-bond donors (Lipinski definition) is 3. The topological polar surface area (TPSA) is 98.2 Å². The second-order valence-corrected chi connectivity index (χ2v) is 5.18. The van der Waals surface area contributed by atoms with E-state index >= 15 is 0 Å². The van der Waals surface area contributed by atoms with E-state index in [0.29, 0.717) is 5.69 Å². The highest BCUT2D eigenvalue weighted by molar-refractivity contribution is 6.33. The van der Waals surface area contributed by atoms with Gasteiger partial charge in [0.05, 0.1) is 10.6 Å². The molecule has 0 saturated carbocycles. The molecular weight excluding hydrogens is 254 g/mol. The Morgan fingerprint density at radius 3 is 2.50 bits per heavy atom. The summed E-state index contributed by atoms with van der Waals surface area (Å²) in [6.45, 7) is 3.51. The van der Waals surface area contributed by atoms with Gasteiger partial charge in [0.1, 0.15) is 0 Å². The number of amides is 2. The van der Waals surface area contributed by atoms with Gasteiger partial charge in [0.25, 0.3) is 0 Å². The second kappa shape index (κ2) is 5.37. The van der Waals surface area contributed by atoms with Crippen LogP contribution < -0.4 is 16.8 Å². The molecule has 5 N–H and O–H groups in total. The Hall–Kier alpha value is -1.59. The van der Waals surface area contributed by atoms with Gasteiger partial charge in [-0.2, -0.15) is 0 Å². The maximum Gasteiger partial charge on any atom is 0.250 e. The van der Waals surface area contributed by atoms with Gasteiger partial charge in [-0.3, -0.25) is 9.59 Å². The summed E-state index contributed by atoms with van der Waals surface area (Å²) in [5.41, 5.74) is 10.9. The summed E-state index contributed by atoms with van der Waals surface area (Å²) in [5.74, 6) is -0.879. The number of benzene rings is 1. The first kappa shape index (κ1) is 14.5. The van der Waals surface area contributed by atoms with Crippen molar-refractivity contribution < 1.29 is 9.59 Å². The molecule has 0 atom stereocenters. The molecule has 0 aliphatic rings. The molecule has 0 radical (unpaired) electrons. The molecule has 0 aromatic heterocycles. The fourth-order valence-corrected chi connectivity index (χ4v) is 1.62. The van der Waals surface area contributed by atoms with E-state index in [0.717, 1.165) is 0 Å². The van der Waals surface area contributed by atoms with E-state index in [4.69, 9.17) is 23.1 Å². The van der Waals surface area contributed by atoms with Crippen molar-refractivity contribution in [3.63, 3.8) is 0 Å². The monoisotopic (exact) mass is 269 g/mol. The van der Waals surface area contributed by atoms with Crippen molar-refractivity contribution in [3.05, 3.63) is 28.8 Å². The second-order valence-electron chi connectivity index (χ2n) is 4.77. The van der Waals surface area contributed by atoms with Crippen molar-refractivity contribution >= 4 is 29.1 Å². The third-order valence-corrected chi connectivity index (χ3v) is 2.46. The summed E-state index contributed by atoms with van der Waals surface area (Å²) < 4.78 is 0. The summed E-state index contributed by atoms with van der Waals surface area (Å²) in [6.07, 6.45) is 0.168. The lowest BCUT2D eigenvalue weighted by Crippen LogP contribution is -2.36. The van der Waals surface area contributed by atoms with Crippen molar-refractivity contribution in [2.45, 2.75) is 25.8 Å². The summed E-state index contributed by atoms with van der Waals surface area (Å²) in [7, 11) is 0. The van der Waals surface area contributed by atoms with Gasteiger partial charge in [-0.15, -0.1) is 0 Å². The van der Waals surface area contributed by atoms with Gasteiger partial charge in [-0.25, -0.2) is 0 Å². The molecule has 2 amide bonds. The first-order valence-electron chi connectivity index (χ1n) is 5.37. The fourth-order valence-electron chi connectivity index (χ4n) is 1.41. The maximum absolute atomic E-state index is 11.7. The van der Waals surface area contributed by atoms with E-state index in [1.165, 1.54) is 12.1 Å². The van der Waals surface area contributed by atoms with Crippen LogP contribution in [0.2, 0.25) is 5.02 Å². The van der Waals surface area contributed by atoms with Gasteiger partial charge in [0.15, 0.2) is 0 Å². The van der Waals surface area contributed by atoms with Gasteiger partial charge < -0.3 is 16.8 Å². The van der Waals surface area contributed by atoms with Crippen molar-refractivity contribution in [2.75, 3.05) is 5.32 Å². The zero-order valence-corrected chi connectivity index (χ0v) is 11.0. The van der Waals surface area contributed by atoms with Crippen molar-refractivity contribution in [1.29, 1.82) is 0 Å². The predicted molar refractivity (Wildman–Crippen MR) is 71.5 cm³/mol. The fraction of sp³-hybridized carbons (Fsp3) is 0.333. The zero-order valence-electron chi connectivity index (χ0n) is 10.3. The van der Waals surface area contributed by atoms with E-state index in [2.05, 4.69) is 5.32 Å². The molecule has 18 heavy (non-hydrogen) atoms. The van der Waals surface area contributed by atoms with Crippen LogP contribution in [0.25, 0.3) is 0 Å². The first-order chi connectivity index (χ1) is 8.19. The lowest BCUT2D eigenvalue weighted by molar-refractivity contribution is -0.117. The average Bonchev–Trinajstić information content (AvgIpc) is 2.17. The SMILES string of the molecule is CC(C)(N)CC(=O)Nc1ccc(Cl)c(C(N)=O)c1. The maximum atomic E-state index is 11.7. The number of rotatable bonds is 4. The third kappa shape index (κ3) is 4.35. The van der Waals surface area contributed by atoms with E-state index in [1.807, 2.05) is 0 Å². The molecule has 6 heteroatoms. The van der Waals surface area contributed by atoms with Gasteiger partial charge in [-0.1, -0.05) is 11.6 Å². The number of carbonyl (C=O) groups excluding carboxylic acids is 2. The van der Waals surface area contributed by atoms with Crippen molar-refractivity contribution in [3.8, 4) is 0 Å². The normalized spacial score (nSPS) is 11.1. The van der Waals surface area contributed by atoms with Crippen molar-refractivity contribution in [2.24, 2.45) is 11.5 Å². The number of nitrogens with one attached hydrogen (secondary N) is 1. The Morgan fingerprint density at radius 2 is 2.00 bits per heavy atom. The van der Waals surface area contributed by atoms with E-state index in [9.17, 15) is 9.59 Å². The predicted octanol–water partition coefficient (Wildman–Crippen LogP) is 1.50. The van der Waals surface area contributed by atoms with Crippen LogP contribution in [0.4, 0.5) is 5.69 Å². The van der Waals surface area contributed by atoms with Crippen LogP contribution in [-0.4, -0.2) is 17.4 Å². The molecule has 5 nitrogen and oxygen atoms in total. The quantitative estimate of drug-likeness (QED) is 0.772. The van der Waals surface area contributed by atoms with Gasteiger partial charge in [-0.05, 0) is 32.0 Å². The largest absolute Gasteiger partial charge is 0.366 e. The Morgan fingerprint density at radius 1 is 1.39 bits per heavy atom. The zero-order chi connectivity index (χ0) is 13.9. The number of primary amides is 1. The molecule has 0 fully saturated rings. The van der Waals surface area contributed by atoms with E-state index in [1.54, 1.807) is 19.9 Å². The molecular formula is C12H16ClN3O2. The first-order valence-corrected chi connectivity index (χ1v) is 5.75. The van der Waals surface area contributed by atoms with Crippen LogP contribution >= 0.6 is 11.6 Å². The van der Waals surface area contributed by atoms with Gasteiger partial charge in [0, 0.05) is 17.6 Å². The minimum Gasteiger partial charge on any atom is -0.366 e. The molecule has 1 rings (SSSR count). The summed E-state index contributed by atoms with van der Waals surface area (Å²) in [6, 6.07) is 4.53. The van der Waals surface area contributed by atoms with Gasteiger partial charge in [0.2, 0.25) is 11.8 Å². The number of anilines is 1. The highest BCUT2D eigenvalue weighted by atomic mass is 35.5. The van der Waals surface area contributed by atoms with Crippen LogP contribution in [0, 0.1) is 0 Å². The minimum atomic E-state index is -0.643.